The quantitative estimate of drug-likeness (QED) is 0.549. The summed E-state index contributed by atoms with van der Waals surface area (Å²) in [6, 6.07) is 15.4. The zero-order chi connectivity index (χ0) is 19.1. The van der Waals surface area contributed by atoms with Gasteiger partial charge in [0.1, 0.15) is 0 Å². The minimum Gasteiger partial charge on any atom is -0.291 e. The van der Waals surface area contributed by atoms with Crippen molar-refractivity contribution in [1.82, 2.24) is 10.1 Å². The summed E-state index contributed by atoms with van der Waals surface area (Å²) < 4.78 is 1.67. The molecular weight excluding hydrogens is 360 g/mol. The molecule has 27 heavy (non-hydrogen) atoms. The average Bonchev–Trinajstić information content (AvgIpc) is 2.67. The van der Waals surface area contributed by atoms with E-state index in [0.717, 1.165) is 11.1 Å². The zero-order valence-corrected chi connectivity index (χ0v) is 16.1. The number of nitrogens with zero attached hydrogens (tertiary/aromatic N) is 3. The van der Waals surface area contributed by atoms with Crippen LogP contribution in [-0.2, 0) is 4.79 Å². The largest absolute Gasteiger partial charge is 0.325 e. The van der Waals surface area contributed by atoms with Gasteiger partial charge in [-0.25, -0.2) is 4.90 Å². The lowest BCUT2D eigenvalue weighted by atomic mass is 10.0. The van der Waals surface area contributed by atoms with Crippen LogP contribution in [0.4, 0.5) is 5.69 Å². The SMILES string of the molecule is CSc1n[n+]2c(c(=O)[nH]1)-c1ccccc1N(C(C)=O)C2c1ccc(C)cc1. The topological polar surface area (TPSA) is 69.9 Å². The molecule has 2 heterocycles. The van der Waals surface area contributed by atoms with Crippen molar-refractivity contribution >= 4 is 23.4 Å². The van der Waals surface area contributed by atoms with Crippen molar-refractivity contribution in [1.29, 1.82) is 0 Å². The highest BCUT2D eigenvalue weighted by Crippen LogP contribution is 2.37. The van der Waals surface area contributed by atoms with E-state index in [1.807, 2.05) is 61.7 Å². The highest BCUT2D eigenvalue weighted by Gasteiger charge is 2.44. The summed E-state index contributed by atoms with van der Waals surface area (Å²) >= 11 is 1.36. The summed E-state index contributed by atoms with van der Waals surface area (Å²) in [4.78, 5) is 30.1. The second kappa shape index (κ2) is 6.66. The number of anilines is 1. The summed E-state index contributed by atoms with van der Waals surface area (Å²) in [5, 5.41) is 5.14. The van der Waals surface area contributed by atoms with Crippen molar-refractivity contribution in [3.05, 3.63) is 70.0 Å². The minimum atomic E-state index is -0.527. The molecule has 0 spiro atoms. The molecule has 1 aliphatic heterocycles. The number of carbonyl (C=O) groups is 1. The first-order valence-corrected chi connectivity index (χ1v) is 9.79. The lowest BCUT2D eigenvalue weighted by Gasteiger charge is -2.31. The second-order valence-corrected chi connectivity index (χ2v) is 7.24. The molecule has 1 aromatic heterocycles. The first kappa shape index (κ1) is 17.5. The maximum Gasteiger partial charge on any atom is 0.325 e. The highest BCUT2D eigenvalue weighted by molar-refractivity contribution is 7.98. The molecule has 3 aromatic rings. The number of aryl methyl sites for hydroxylation is 1. The Morgan fingerprint density at radius 2 is 1.89 bits per heavy atom. The number of para-hydroxylation sites is 1. The van der Waals surface area contributed by atoms with Gasteiger partial charge in [0.15, 0.2) is 0 Å². The molecule has 136 valence electrons. The number of benzene rings is 2. The van der Waals surface area contributed by atoms with Gasteiger partial charge in [-0.2, -0.15) is 0 Å². The molecule has 0 bridgehead atoms. The molecule has 1 aliphatic rings. The van der Waals surface area contributed by atoms with Gasteiger partial charge in [0.2, 0.25) is 11.1 Å². The van der Waals surface area contributed by atoms with Crippen molar-refractivity contribution in [2.24, 2.45) is 0 Å². The number of aromatic amines is 1. The van der Waals surface area contributed by atoms with Crippen LogP contribution in [0, 0.1) is 6.92 Å². The second-order valence-electron chi connectivity index (χ2n) is 6.45. The molecule has 4 rings (SSSR count). The fourth-order valence-electron chi connectivity index (χ4n) is 3.44. The van der Waals surface area contributed by atoms with Gasteiger partial charge in [-0.1, -0.05) is 41.6 Å². The van der Waals surface area contributed by atoms with Crippen molar-refractivity contribution in [3.8, 4) is 11.3 Å². The molecule has 0 saturated heterocycles. The number of H-pyrrole nitrogens is 1. The fourth-order valence-corrected chi connectivity index (χ4v) is 3.81. The third-order valence-corrected chi connectivity index (χ3v) is 5.24. The summed E-state index contributed by atoms with van der Waals surface area (Å²) in [6.45, 7) is 3.55. The van der Waals surface area contributed by atoms with Crippen LogP contribution < -0.4 is 15.1 Å². The number of nitrogens with one attached hydrogen (secondary N) is 1. The first-order chi connectivity index (χ1) is 13.0. The number of amides is 1. The number of carbonyl (C=O) groups excluding carboxylic acids is 1. The number of fused-ring (bicyclic) bond motifs is 3. The van der Waals surface area contributed by atoms with E-state index in [1.165, 1.54) is 18.7 Å². The average molecular weight is 379 g/mol. The Balaban J connectivity index is 2.08. The minimum absolute atomic E-state index is 0.112. The van der Waals surface area contributed by atoms with Gasteiger partial charge in [-0.05, 0) is 42.1 Å². The maximum atomic E-state index is 12.9. The Labute approximate surface area is 160 Å². The van der Waals surface area contributed by atoms with Crippen molar-refractivity contribution < 1.29 is 9.48 Å². The van der Waals surface area contributed by atoms with E-state index < -0.39 is 6.17 Å². The van der Waals surface area contributed by atoms with E-state index in [0.29, 0.717) is 22.1 Å². The van der Waals surface area contributed by atoms with Crippen LogP contribution in [0.15, 0.2) is 58.5 Å². The van der Waals surface area contributed by atoms with Gasteiger partial charge < -0.3 is 0 Å². The Bertz CT molecular complexity index is 1090. The molecule has 1 atom stereocenters. The molecule has 1 unspecified atom stereocenters. The Hall–Kier alpha value is -2.93. The van der Waals surface area contributed by atoms with Gasteiger partial charge in [0, 0.05) is 17.6 Å². The van der Waals surface area contributed by atoms with Gasteiger partial charge >= 0.3 is 11.3 Å². The van der Waals surface area contributed by atoms with E-state index in [2.05, 4.69) is 10.1 Å². The molecule has 1 amide bonds. The lowest BCUT2D eigenvalue weighted by Crippen LogP contribution is -2.60. The number of rotatable bonds is 2. The summed E-state index contributed by atoms with van der Waals surface area (Å²) in [5.74, 6) is -0.112. The molecule has 0 saturated carbocycles. The fraction of sp³-hybridized carbons (Fsp3) is 0.200. The highest BCUT2D eigenvalue weighted by atomic mass is 32.2. The molecule has 6 nitrogen and oxygen atoms in total. The molecule has 1 N–H and O–H groups in total. The number of hydrogen-bond acceptors (Lipinski definition) is 4. The Morgan fingerprint density at radius 1 is 1.19 bits per heavy atom. The molecule has 7 heteroatoms. The standard InChI is InChI=1S/C20H18N4O2S/c1-12-8-10-14(11-9-12)19-23(13(2)25)16-7-5-4-6-15(16)17-18(26)21-20(27-3)22-24(17)19/h4-11,19H,1-3H3/p+1. The molecule has 2 aromatic carbocycles. The van der Waals surface area contributed by atoms with Gasteiger partial charge in [-0.15, -0.1) is 0 Å². The van der Waals surface area contributed by atoms with Crippen LogP contribution in [0.5, 0.6) is 0 Å². The molecule has 0 fully saturated rings. The Morgan fingerprint density at radius 3 is 2.56 bits per heavy atom. The summed E-state index contributed by atoms with van der Waals surface area (Å²) in [5.41, 5.74) is 3.64. The van der Waals surface area contributed by atoms with Gasteiger partial charge in [0.25, 0.3) is 6.17 Å². The van der Waals surface area contributed by atoms with E-state index in [-0.39, 0.29) is 11.5 Å². The van der Waals surface area contributed by atoms with Crippen molar-refractivity contribution in [3.63, 3.8) is 0 Å². The molecule has 0 aliphatic carbocycles. The number of aromatic nitrogens is 3. The number of hydrogen-bond donors (Lipinski definition) is 1. The molecule has 0 radical (unpaired) electrons. The maximum absolute atomic E-state index is 12.9. The summed E-state index contributed by atoms with van der Waals surface area (Å²) in [7, 11) is 0. The smallest absolute Gasteiger partial charge is 0.291 e. The van der Waals surface area contributed by atoms with Crippen molar-refractivity contribution in [2.45, 2.75) is 25.2 Å². The van der Waals surface area contributed by atoms with Crippen LogP contribution in [0.25, 0.3) is 11.3 Å². The number of thioether (sulfide) groups is 1. The van der Waals surface area contributed by atoms with E-state index in [4.69, 9.17) is 0 Å². The third-order valence-electron chi connectivity index (χ3n) is 4.67. The first-order valence-electron chi connectivity index (χ1n) is 8.57. The third kappa shape index (κ3) is 2.84. The molecular formula is C20H19N4O2S+. The van der Waals surface area contributed by atoms with Crippen LogP contribution in [0.3, 0.4) is 0 Å². The van der Waals surface area contributed by atoms with Crippen LogP contribution in [0.1, 0.15) is 24.2 Å². The van der Waals surface area contributed by atoms with Crippen LogP contribution in [0.2, 0.25) is 0 Å². The zero-order valence-electron chi connectivity index (χ0n) is 15.3. The van der Waals surface area contributed by atoms with Crippen LogP contribution in [-0.4, -0.2) is 22.2 Å². The summed E-state index contributed by atoms with van der Waals surface area (Å²) in [6.07, 6.45) is 1.33. The lowest BCUT2D eigenvalue weighted by molar-refractivity contribution is -0.763. The normalized spacial score (nSPS) is 15.2. The van der Waals surface area contributed by atoms with Gasteiger partial charge in [-0.3, -0.25) is 14.6 Å². The Kier molecular flexibility index (Phi) is 4.31. The predicted molar refractivity (Wildman–Crippen MR) is 105 cm³/mol. The van der Waals surface area contributed by atoms with Crippen molar-refractivity contribution in [2.75, 3.05) is 11.2 Å². The monoisotopic (exact) mass is 379 g/mol. The van der Waals surface area contributed by atoms with E-state index in [9.17, 15) is 9.59 Å². The van der Waals surface area contributed by atoms with Gasteiger partial charge in [0.05, 0.1) is 11.3 Å². The van der Waals surface area contributed by atoms with E-state index in [1.54, 1.807) is 9.58 Å². The predicted octanol–water partition coefficient (Wildman–Crippen LogP) is 2.67. The van der Waals surface area contributed by atoms with E-state index >= 15 is 0 Å². The van der Waals surface area contributed by atoms with Crippen LogP contribution >= 0.6 is 11.8 Å².